The molecule has 2 heterocycles. The van der Waals surface area contributed by atoms with Crippen molar-refractivity contribution in [2.45, 2.75) is 87.7 Å². The Morgan fingerprint density at radius 1 is 0.863 bits per heavy atom. The zero-order chi connectivity index (χ0) is 37.3. The van der Waals surface area contributed by atoms with E-state index in [9.17, 15) is 18.3 Å². The average Bonchev–Trinajstić information content (AvgIpc) is 3.07. The molecule has 278 valence electrons. The van der Waals surface area contributed by atoms with Crippen LogP contribution in [0.25, 0.3) is 10.8 Å². The zero-order valence-electron chi connectivity index (χ0n) is 29.7. The Morgan fingerprint density at radius 3 is 2.10 bits per heavy atom. The van der Waals surface area contributed by atoms with Gasteiger partial charge in [-0.15, -0.1) is 0 Å². The van der Waals surface area contributed by atoms with Crippen LogP contribution in [0.2, 0.25) is 0 Å². The van der Waals surface area contributed by atoms with Gasteiger partial charge in [0.15, 0.2) is 0 Å². The normalized spacial score (nSPS) is 18.7. The Hall–Kier alpha value is -4.40. The number of methoxy groups -OCH3 is 1. The minimum Gasteiger partial charge on any atom is -0.495 e. The summed E-state index contributed by atoms with van der Waals surface area (Å²) in [6.07, 6.45) is 7.92. The van der Waals surface area contributed by atoms with E-state index < -0.39 is 28.1 Å². The molecule has 0 aromatic heterocycles. The molecule has 2 unspecified atom stereocenters. The number of carboxylic acid groups (broad SMARTS) is 3. The number of benzene rings is 3. The number of fused-ring (bicyclic) bond motifs is 3. The molecule has 51 heavy (non-hydrogen) atoms. The lowest BCUT2D eigenvalue weighted by molar-refractivity contribution is -0.159. The van der Waals surface area contributed by atoms with Gasteiger partial charge in [0.1, 0.15) is 5.75 Å². The molecule has 13 nitrogen and oxygen atoms in total. The van der Waals surface area contributed by atoms with Crippen molar-refractivity contribution in [3.63, 3.8) is 0 Å². The Kier molecular flexibility index (Phi) is 13.7. The molecule has 2 atom stereocenters. The van der Waals surface area contributed by atoms with E-state index in [1.165, 1.54) is 6.42 Å². The highest BCUT2D eigenvalue weighted by Crippen LogP contribution is 2.40. The molecule has 0 aliphatic carbocycles. The van der Waals surface area contributed by atoms with Crippen molar-refractivity contribution in [1.29, 1.82) is 0 Å². The molecule has 0 radical (unpaired) electrons. The van der Waals surface area contributed by atoms with Gasteiger partial charge in [0.25, 0.3) is 0 Å². The first kappa shape index (κ1) is 39.4. The largest absolute Gasteiger partial charge is 0.495 e. The molecule has 3 aromatic rings. The number of aryl methyl sites for hydroxylation is 1. The quantitative estimate of drug-likeness (QED) is 0.124. The van der Waals surface area contributed by atoms with Gasteiger partial charge >= 0.3 is 18.0 Å². The molecule has 2 aliphatic rings. The fourth-order valence-corrected chi connectivity index (χ4v) is 8.71. The summed E-state index contributed by atoms with van der Waals surface area (Å²) in [5, 5.41) is 26.7. The van der Waals surface area contributed by atoms with E-state index in [1.54, 1.807) is 24.1 Å². The van der Waals surface area contributed by atoms with Crippen LogP contribution in [-0.4, -0.2) is 99.1 Å². The number of sulfonamides is 1. The van der Waals surface area contributed by atoms with Gasteiger partial charge in [0.05, 0.1) is 17.7 Å². The molecule has 2 aliphatic heterocycles. The molecular weight excluding hydrogens is 676 g/mol. The van der Waals surface area contributed by atoms with Crippen LogP contribution >= 0.6 is 0 Å². The van der Waals surface area contributed by atoms with Crippen LogP contribution in [0.1, 0.15) is 63.4 Å². The van der Waals surface area contributed by atoms with Crippen molar-refractivity contribution in [2.75, 3.05) is 44.1 Å². The molecule has 4 N–H and O–H groups in total. The van der Waals surface area contributed by atoms with Crippen molar-refractivity contribution in [2.24, 2.45) is 0 Å². The lowest BCUT2D eigenvalue weighted by Crippen LogP contribution is -2.58. The summed E-state index contributed by atoms with van der Waals surface area (Å²) in [5.74, 6) is -3.06. The molecule has 2 fully saturated rings. The van der Waals surface area contributed by atoms with E-state index >= 15 is 0 Å². The van der Waals surface area contributed by atoms with Crippen molar-refractivity contribution < 1.29 is 42.9 Å². The third kappa shape index (κ3) is 9.89. The molecule has 0 spiro atoms. The number of nitrogens with zero attached hydrogens (tertiary/aromatic N) is 3. The molecule has 0 saturated carbocycles. The van der Waals surface area contributed by atoms with Gasteiger partial charge < -0.3 is 25.0 Å². The van der Waals surface area contributed by atoms with Crippen molar-refractivity contribution in [3.05, 3.63) is 60.2 Å². The number of hydrogen-bond acceptors (Lipinski definition) is 8. The first-order valence-corrected chi connectivity index (χ1v) is 18.8. The Balaban J connectivity index is 0.000000894. The summed E-state index contributed by atoms with van der Waals surface area (Å²) in [6.45, 7) is 3.39. The van der Waals surface area contributed by atoms with Crippen LogP contribution in [0, 0.1) is 6.92 Å². The summed E-state index contributed by atoms with van der Waals surface area (Å²) in [5.41, 5.74) is 2.63. The summed E-state index contributed by atoms with van der Waals surface area (Å²) in [4.78, 5) is 37.2. The molecule has 1 amide bonds. The predicted molar refractivity (Wildman–Crippen MR) is 197 cm³/mol. The summed E-state index contributed by atoms with van der Waals surface area (Å²) in [7, 11) is 1.88. The minimum atomic E-state index is -3.63. The van der Waals surface area contributed by atoms with Gasteiger partial charge in [-0.25, -0.2) is 27.5 Å². The second kappa shape index (κ2) is 17.7. The fourth-order valence-electron chi connectivity index (χ4n) is 7.42. The lowest BCUT2D eigenvalue weighted by Gasteiger charge is -2.50. The first-order valence-electron chi connectivity index (χ1n) is 17.3. The number of carboxylic acids is 2. The topological polar surface area (TPSA) is 177 Å². The number of anilines is 2. The smallest absolute Gasteiger partial charge is 0.414 e. The SMILES string of the molecule is COc1ccc(C)cc1N(C(=O)O)C1CC2CCCC(C1)N2CCCCCCNS(=O)(=O)c1cccc2c(N(C)C)cccc12.O=C(O)C(=O)O. The van der Waals surface area contributed by atoms with Gasteiger partial charge in [0, 0.05) is 55.2 Å². The van der Waals surface area contributed by atoms with Crippen LogP contribution in [0.4, 0.5) is 16.2 Å². The number of carbonyl (C=O) groups is 3. The number of aliphatic carboxylic acids is 2. The summed E-state index contributed by atoms with van der Waals surface area (Å²) >= 11 is 0. The number of nitrogens with one attached hydrogen (secondary N) is 1. The highest BCUT2D eigenvalue weighted by atomic mass is 32.2. The van der Waals surface area contributed by atoms with E-state index in [0.717, 1.165) is 79.9 Å². The van der Waals surface area contributed by atoms with Gasteiger partial charge in [0.2, 0.25) is 10.0 Å². The number of piperidine rings is 2. The van der Waals surface area contributed by atoms with Crippen LogP contribution in [0.5, 0.6) is 5.75 Å². The Morgan fingerprint density at radius 2 is 1.49 bits per heavy atom. The van der Waals surface area contributed by atoms with Crippen LogP contribution < -0.4 is 19.3 Å². The average molecular weight is 727 g/mol. The van der Waals surface area contributed by atoms with Gasteiger partial charge in [-0.1, -0.05) is 49.6 Å². The molecule has 14 heteroatoms. The third-order valence-electron chi connectivity index (χ3n) is 9.71. The fraction of sp³-hybridized carbons (Fsp3) is 0.486. The molecule has 2 bridgehead atoms. The monoisotopic (exact) mass is 726 g/mol. The van der Waals surface area contributed by atoms with Crippen molar-refractivity contribution in [1.82, 2.24) is 9.62 Å². The van der Waals surface area contributed by atoms with Crippen LogP contribution in [0.3, 0.4) is 0 Å². The maximum atomic E-state index is 13.2. The van der Waals surface area contributed by atoms with Gasteiger partial charge in [-0.3, -0.25) is 9.80 Å². The zero-order valence-corrected chi connectivity index (χ0v) is 30.6. The van der Waals surface area contributed by atoms with Gasteiger partial charge in [-0.2, -0.15) is 0 Å². The molecule has 3 aromatic carbocycles. The predicted octanol–water partition coefficient (Wildman–Crippen LogP) is 5.79. The van der Waals surface area contributed by atoms with Crippen LogP contribution in [0.15, 0.2) is 59.5 Å². The molecular formula is C37H50N4O9S. The third-order valence-corrected chi connectivity index (χ3v) is 11.2. The minimum absolute atomic E-state index is 0.0750. The van der Waals surface area contributed by atoms with E-state index in [1.807, 2.05) is 68.4 Å². The highest BCUT2D eigenvalue weighted by molar-refractivity contribution is 7.89. The maximum absolute atomic E-state index is 13.2. The summed E-state index contributed by atoms with van der Waals surface area (Å²) < 4.78 is 34.8. The van der Waals surface area contributed by atoms with Crippen molar-refractivity contribution >= 4 is 50.2 Å². The number of hydrogen-bond donors (Lipinski definition) is 4. The lowest BCUT2D eigenvalue weighted by atomic mass is 9.80. The second-order valence-electron chi connectivity index (χ2n) is 13.4. The van der Waals surface area contributed by atoms with E-state index in [4.69, 9.17) is 24.5 Å². The number of amides is 1. The second-order valence-corrected chi connectivity index (χ2v) is 15.1. The van der Waals surface area contributed by atoms with Crippen LogP contribution in [-0.2, 0) is 19.6 Å². The Labute approximate surface area is 299 Å². The number of rotatable bonds is 13. The highest BCUT2D eigenvalue weighted by Gasteiger charge is 2.42. The number of ether oxygens (including phenoxy) is 1. The first-order chi connectivity index (χ1) is 24.2. The van der Waals surface area contributed by atoms with Crippen molar-refractivity contribution in [3.8, 4) is 5.75 Å². The number of unbranched alkanes of at least 4 members (excludes halogenated alkanes) is 3. The summed E-state index contributed by atoms with van der Waals surface area (Å²) in [6, 6.07) is 17.6. The van der Waals surface area contributed by atoms with E-state index in [2.05, 4.69) is 9.62 Å². The molecule has 5 rings (SSSR count). The van der Waals surface area contributed by atoms with Gasteiger partial charge in [-0.05, 0) is 81.8 Å². The maximum Gasteiger partial charge on any atom is 0.414 e. The standard InChI is InChI=1S/C35H48N4O5S.C2H2O4/c1-25-18-19-33(44-4)32(22-25)39(35(40)41)28-23-26-12-9-13-27(24-28)38(26)21-8-6-5-7-20-36-45(42,43)34-17-11-14-29-30(34)15-10-16-31(29)37(2)3;3-1(4)2(5)6/h10-11,14-19,22,26-28,36H,5-9,12-13,20-21,23-24H2,1-4H3,(H,40,41);(H,3,4)(H,5,6). The Bertz CT molecular complexity index is 1770. The van der Waals surface area contributed by atoms with E-state index in [0.29, 0.717) is 35.0 Å². The van der Waals surface area contributed by atoms with E-state index in [-0.39, 0.29) is 6.04 Å². The molecule has 2 saturated heterocycles.